The minimum atomic E-state index is 0.100. The molecule has 102 valence electrons. The van der Waals surface area contributed by atoms with Gasteiger partial charge in [0.1, 0.15) is 35.1 Å². The Kier molecular flexibility index (Phi) is 4.12. The molecule has 0 unspecified atom stereocenters. The molecule has 0 fully saturated rings. The van der Waals surface area contributed by atoms with E-state index in [2.05, 4.69) is 9.69 Å². The molecular weight excluding hydrogens is 352 g/mol. The molecule has 3 rings (SSSR count). The number of allylic oxidation sites excluding steroid dienone is 1. The molecule has 2 aliphatic rings. The highest BCUT2D eigenvalue weighted by Gasteiger charge is 2.30. The molecule has 0 saturated carbocycles. The fraction of sp³-hybridized carbons (Fsp3) is 0. The minimum absolute atomic E-state index is 0.100. The van der Waals surface area contributed by atoms with Crippen molar-refractivity contribution in [2.45, 2.75) is 19.6 Å². The number of nitrogens with zero attached hydrogens (tertiary/aromatic N) is 4. The highest BCUT2D eigenvalue weighted by molar-refractivity contribution is 8.25. The number of fused-ring (bicyclic) bond motifs is 2. The molecule has 0 radical (unpaired) electrons. The van der Waals surface area contributed by atoms with Crippen molar-refractivity contribution in [3.63, 3.8) is 0 Å². The van der Waals surface area contributed by atoms with Gasteiger partial charge < -0.3 is 0 Å². The first-order valence-electron chi connectivity index (χ1n) is 5.63. The van der Waals surface area contributed by atoms with Crippen LogP contribution in [0.1, 0.15) is 0 Å². The largest absolute Gasteiger partial charge is 0.540 e. The molecule has 0 aromatic heterocycles. The Hall–Kier alpha value is -1.94. The number of hydrogen-bond donors (Lipinski definition) is 0. The van der Waals surface area contributed by atoms with E-state index >= 15 is 0 Å². The maximum absolute atomic E-state index is 8.95. The van der Waals surface area contributed by atoms with Gasteiger partial charge >= 0.3 is 5.82 Å². The molecule has 0 atom stereocenters. The lowest BCUT2D eigenvalue weighted by Crippen LogP contribution is -1.74. The van der Waals surface area contributed by atoms with E-state index in [1.54, 1.807) is 0 Å². The van der Waals surface area contributed by atoms with Crippen LogP contribution in [-0.4, -0.2) is 0 Å². The van der Waals surface area contributed by atoms with Crippen LogP contribution in [0.2, 0.25) is 0 Å². The lowest BCUT2D eigenvalue weighted by molar-refractivity contribution is 1.11. The van der Waals surface area contributed by atoms with E-state index < -0.39 is 0 Å². The molecule has 22 heavy (non-hydrogen) atoms. The van der Waals surface area contributed by atoms with Crippen molar-refractivity contribution in [1.82, 2.24) is 0 Å². The van der Waals surface area contributed by atoms with Gasteiger partial charge in [-0.1, -0.05) is 47.0 Å². The molecule has 0 amide bonds. The van der Waals surface area contributed by atoms with Gasteiger partial charge in [-0.2, -0.15) is 20.2 Å². The summed E-state index contributed by atoms with van der Waals surface area (Å²) in [4.78, 5) is 10.5. The van der Waals surface area contributed by atoms with Gasteiger partial charge in [0.05, 0.1) is 4.24 Å². The van der Waals surface area contributed by atoms with Gasteiger partial charge in [-0.3, -0.25) is 0 Å². The Labute approximate surface area is 143 Å². The molecule has 2 aliphatic heterocycles. The number of nitriles is 2. The summed E-state index contributed by atoms with van der Waals surface area (Å²) < 4.78 is 1.42. The second-order valence-corrected chi connectivity index (χ2v) is 8.60. The van der Waals surface area contributed by atoms with Gasteiger partial charge in [-0.05, 0) is 12.1 Å². The van der Waals surface area contributed by atoms with E-state index in [0.29, 0.717) is 8.47 Å². The summed E-state index contributed by atoms with van der Waals surface area (Å²) in [6.07, 6.45) is 0. The third-order valence-electron chi connectivity index (χ3n) is 2.64. The molecule has 0 spiro atoms. The monoisotopic (exact) mass is 354 g/mol. The van der Waals surface area contributed by atoms with Crippen molar-refractivity contribution in [2.75, 3.05) is 0 Å². The number of benzene rings is 1. The summed E-state index contributed by atoms with van der Waals surface area (Å²) in [6, 6.07) is 7.83. The van der Waals surface area contributed by atoms with Gasteiger partial charge in [0.25, 0.3) is 0 Å². The predicted octanol–water partition coefficient (Wildman–Crippen LogP) is 5.31. The summed E-state index contributed by atoms with van der Waals surface area (Å²) in [5.74, 6) is 0.100. The molecule has 0 N–H and O–H groups in total. The van der Waals surface area contributed by atoms with Crippen molar-refractivity contribution in [3.05, 3.63) is 54.8 Å². The van der Waals surface area contributed by atoms with Crippen LogP contribution in [0.3, 0.4) is 0 Å². The highest BCUT2D eigenvalue weighted by Crippen LogP contribution is 2.59. The first kappa shape index (κ1) is 15.0. The average Bonchev–Trinajstić information content (AvgIpc) is 3.10. The van der Waals surface area contributed by atoms with Crippen molar-refractivity contribution >= 4 is 47.0 Å². The van der Waals surface area contributed by atoms with Gasteiger partial charge in [-0.25, -0.2) is 0 Å². The first-order chi connectivity index (χ1) is 10.7. The Morgan fingerprint density at radius 2 is 1.23 bits per heavy atom. The number of thioether (sulfide) groups is 4. The Morgan fingerprint density at radius 3 is 1.59 bits per heavy atom. The van der Waals surface area contributed by atoms with Crippen molar-refractivity contribution in [1.29, 1.82) is 10.5 Å². The molecule has 1 aromatic rings. The zero-order chi connectivity index (χ0) is 15.7. The Balaban J connectivity index is 1.99. The van der Waals surface area contributed by atoms with Crippen LogP contribution in [0.4, 0.5) is 0 Å². The molecular formula is C14H2N4S4. The zero-order valence-corrected chi connectivity index (χ0v) is 13.8. The van der Waals surface area contributed by atoms with Crippen LogP contribution in [0.25, 0.3) is 9.69 Å². The standard InChI is InChI=1S/C14H2N4S4/c1-17-12(18-2)14-21-10-3-8-9(4-11(10)22-14)20-13(19-8)7(5-15)6-16/h3-4H. The van der Waals surface area contributed by atoms with Gasteiger partial charge in [0.2, 0.25) is 0 Å². The molecule has 2 heterocycles. The first-order valence-corrected chi connectivity index (χ1v) is 8.90. The highest BCUT2D eigenvalue weighted by atomic mass is 32.2. The third kappa shape index (κ3) is 2.48. The summed E-state index contributed by atoms with van der Waals surface area (Å²) in [6.45, 7) is 14.1. The zero-order valence-electron chi connectivity index (χ0n) is 10.6. The second-order valence-electron chi connectivity index (χ2n) is 3.87. The summed E-state index contributed by atoms with van der Waals surface area (Å²) >= 11 is 5.69. The number of hydrogen-bond acceptors (Lipinski definition) is 6. The van der Waals surface area contributed by atoms with E-state index in [1.165, 1.54) is 47.0 Å². The van der Waals surface area contributed by atoms with Crippen LogP contribution >= 0.6 is 47.0 Å². The average molecular weight is 354 g/mol. The van der Waals surface area contributed by atoms with Gasteiger partial charge in [-0.15, -0.1) is 0 Å². The van der Waals surface area contributed by atoms with E-state index in [-0.39, 0.29) is 11.4 Å². The molecule has 0 aliphatic carbocycles. The quantitative estimate of drug-likeness (QED) is 0.465. The van der Waals surface area contributed by atoms with Crippen molar-refractivity contribution in [2.24, 2.45) is 0 Å². The van der Waals surface area contributed by atoms with E-state index in [9.17, 15) is 0 Å². The van der Waals surface area contributed by atoms with Gasteiger partial charge in [0, 0.05) is 19.6 Å². The van der Waals surface area contributed by atoms with Crippen LogP contribution in [0.15, 0.2) is 51.6 Å². The number of rotatable bonds is 0. The maximum atomic E-state index is 8.95. The lowest BCUT2D eigenvalue weighted by Gasteiger charge is -1.99. The Morgan fingerprint density at radius 1 is 0.818 bits per heavy atom. The molecule has 8 heteroatoms. The smallest absolute Gasteiger partial charge is 0.192 e. The second kappa shape index (κ2) is 6.05. The van der Waals surface area contributed by atoms with Crippen LogP contribution < -0.4 is 0 Å². The fourth-order valence-corrected chi connectivity index (χ4v) is 6.66. The molecule has 1 aromatic carbocycles. The summed E-state index contributed by atoms with van der Waals surface area (Å²) in [5, 5.41) is 17.9. The normalized spacial score (nSPS) is 14.2. The van der Waals surface area contributed by atoms with Crippen molar-refractivity contribution in [3.8, 4) is 12.1 Å². The van der Waals surface area contributed by atoms with Crippen LogP contribution in [0.5, 0.6) is 0 Å². The van der Waals surface area contributed by atoms with E-state index in [0.717, 1.165) is 19.6 Å². The summed E-state index contributed by atoms with van der Waals surface area (Å²) in [7, 11) is 0. The van der Waals surface area contributed by atoms with Crippen LogP contribution in [0, 0.1) is 35.8 Å². The van der Waals surface area contributed by atoms with Gasteiger partial charge in [0.15, 0.2) is 0 Å². The molecule has 4 nitrogen and oxygen atoms in total. The SMILES string of the molecule is [C-]#[N+]C([N+]#[C-])=C1Sc2cc3c(cc2S1)SC(=C(C#N)C#N)S3. The Bertz CT molecular complexity index is 788. The lowest BCUT2D eigenvalue weighted by atomic mass is 10.3. The predicted molar refractivity (Wildman–Crippen MR) is 88.4 cm³/mol. The summed E-state index contributed by atoms with van der Waals surface area (Å²) in [5.41, 5.74) is 0.135. The third-order valence-corrected chi connectivity index (χ3v) is 7.65. The topological polar surface area (TPSA) is 56.3 Å². The van der Waals surface area contributed by atoms with Crippen LogP contribution in [-0.2, 0) is 0 Å². The van der Waals surface area contributed by atoms with Crippen molar-refractivity contribution < 1.29 is 0 Å². The van der Waals surface area contributed by atoms with E-state index in [4.69, 9.17) is 23.7 Å². The van der Waals surface area contributed by atoms with E-state index in [1.807, 2.05) is 24.3 Å². The maximum Gasteiger partial charge on any atom is 0.540 e. The molecule has 0 bridgehead atoms. The fourth-order valence-electron chi connectivity index (χ4n) is 1.71. The minimum Gasteiger partial charge on any atom is -0.192 e. The molecule has 0 saturated heterocycles.